The number of nitrogens with zero attached hydrogens (tertiary/aromatic N) is 3. The quantitative estimate of drug-likeness (QED) is 0.316. The summed E-state index contributed by atoms with van der Waals surface area (Å²) in [4.78, 5) is 36.3. The van der Waals surface area contributed by atoms with E-state index in [0.29, 0.717) is 16.5 Å². The Morgan fingerprint density at radius 2 is 1.74 bits per heavy atom. The predicted molar refractivity (Wildman–Crippen MR) is 172 cm³/mol. The van der Waals surface area contributed by atoms with Crippen LogP contribution in [0.15, 0.2) is 24.5 Å². The molecule has 7 nitrogen and oxygen atoms in total. The number of carbonyl (C=O) groups is 2. The highest BCUT2D eigenvalue weighted by atomic mass is 32.1. The SMILES string of the molecule is CC1CCC(C(=O)N(c2cc(C#CC(C)(C)C)sc2C(=O)O)[C@H]2CC[C@H](Oc3cncc(CN4CCCC4)c3)CC2)CC1. The van der Waals surface area contributed by atoms with E-state index in [2.05, 4.69) is 34.7 Å². The van der Waals surface area contributed by atoms with E-state index in [1.165, 1.54) is 29.7 Å². The average Bonchev–Trinajstić information content (AvgIpc) is 3.64. The Hall–Kier alpha value is -2.89. The van der Waals surface area contributed by atoms with Crippen molar-refractivity contribution in [2.45, 2.75) is 111 Å². The Bertz CT molecular complexity index is 1330. The molecule has 2 aromatic rings. The molecule has 1 N–H and O–H groups in total. The van der Waals surface area contributed by atoms with Crippen molar-refractivity contribution < 1.29 is 19.4 Å². The Balaban J connectivity index is 1.33. The Morgan fingerprint density at radius 1 is 1.05 bits per heavy atom. The summed E-state index contributed by atoms with van der Waals surface area (Å²) < 4.78 is 6.42. The molecule has 8 heteroatoms. The Labute approximate surface area is 261 Å². The minimum Gasteiger partial charge on any atom is -0.489 e. The maximum absolute atomic E-state index is 14.2. The van der Waals surface area contributed by atoms with E-state index in [1.54, 1.807) is 6.20 Å². The van der Waals surface area contributed by atoms with Gasteiger partial charge in [0, 0.05) is 30.1 Å². The lowest BCUT2D eigenvalue weighted by Crippen LogP contribution is -2.47. The number of ether oxygens (including phenoxy) is 1. The van der Waals surface area contributed by atoms with E-state index in [4.69, 9.17) is 4.74 Å². The van der Waals surface area contributed by atoms with Crippen molar-refractivity contribution in [1.82, 2.24) is 9.88 Å². The fourth-order valence-corrected chi connectivity index (χ4v) is 7.49. The minimum atomic E-state index is -1.00. The maximum atomic E-state index is 14.2. The van der Waals surface area contributed by atoms with Crippen molar-refractivity contribution in [3.8, 4) is 17.6 Å². The summed E-state index contributed by atoms with van der Waals surface area (Å²) >= 11 is 1.18. The van der Waals surface area contributed by atoms with Gasteiger partial charge in [-0.05, 0) is 122 Å². The zero-order valence-electron chi connectivity index (χ0n) is 26.2. The largest absolute Gasteiger partial charge is 0.489 e. The first-order valence-corrected chi connectivity index (χ1v) is 16.9. The van der Waals surface area contributed by atoms with Gasteiger partial charge in [0.1, 0.15) is 10.6 Å². The van der Waals surface area contributed by atoms with Crippen LogP contribution in [-0.4, -0.2) is 52.1 Å². The van der Waals surface area contributed by atoms with Crippen LogP contribution in [0.25, 0.3) is 0 Å². The average molecular weight is 606 g/mol. The third kappa shape index (κ3) is 8.39. The van der Waals surface area contributed by atoms with Gasteiger partial charge in [-0.3, -0.25) is 14.7 Å². The minimum absolute atomic E-state index is 0.0437. The maximum Gasteiger partial charge on any atom is 0.348 e. The molecule has 3 heterocycles. The van der Waals surface area contributed by atoms with E-state index in [-0.39, 0.29) is 34.3 Å². The standard InChI is InChI=1S/C35H47N3O4S/c1-24-7-9-26(10-8-24)33(39)38(31-20-30(15-16-35(2,3)4)43-32(31)34(40)41)27-11-13-28(14-12-27)42-29-19-25(21-36-22-29)23-37-17-5-6-18-37/h19-22,24,26-28H,5-14,17-18,23H2,1-4H3,(H,40,41)/t24?,26?,27-,28-. The molecule has 5 rings (SSSR count). The number of carbonyl (C=O) groups excluding carboxylic acids is 1. The smallest absolute Gasteiger partial charge is 0.348 e. The molecule has 3 aliphatic rings. The van der Waals surface area contributed by atoms with Gasteiger partial charge in [-0.25, -0.2) is 4.79 Å². The van der Waals surface area contributed by atoms with Gasteiger partial charge >= 0.3 is 5.97 Å². The zero-order chi connectivity index (χ0) is 30.6. The summed E-state index contributed by atoms with van der Waals surface area (Å²) in [6, 6.07) is 3.89. The molecule has 1 amide bonds. The molecule has 3 fully saturated rings. The van der Waals surface area contributed by atoms with Gasteiger partial charge in [0.05, 0.1) is 22.9 Å². The number of carboxylic acids is 1. The van der Waals surface area contributed by atoms with E-state index < -0.39 is 5.97 Å². The highest BCUT2D eigenvalue weighted by molar-refractivity contribution is 7.15. The van der Waals surface area contributed by atoms with Crippen LogP contribution < -0.4 is 9.64 Å². The second-order valence-corrected chi connectivity index (χ2v) is 14.9. The molecule has 0 atom stereocenters. The first kappa shape index (κ1) is 31.5. The van der Waals surface area contributed by atoms with Crippen molar-refractivity contribution in [3.63, 3.8) is 0 Å². The molecule has 43 heavy (non-hydrogen) atoms. The monoisotopic (exact) mass is 605 g/mol. The topological polar surface area (TPSA) is 83.0 Å². The molecule has 0 aromatic carbocycles. The summed E-state index contributed by atoms with van der Waals surface area (Å²) in [6.45, 7) is 11.5. The molecule has 0 radical (unpaired) electrons. The van der Waals surface area contributed by atoms with Crippen molar-refractivity contribution in [1.29, 1.82) is 0 Å². The second kappa shape index (κ2) is 13.8. The van der Waals surface area contributed by atoms with Crippen molar-refractivity contribution in [2.75, 3.05) is 18.0 Å². The number of likely N-dealkylation sites (tertiary alicyclic amines) is 1. The number of amides is 1. The van der Waals surface area contributed by atoms with Crippen LogP contribution in [0.3, 0.4) is 0 Å². The van der Waals surface area contributed by atoms with Gasteiger partial charge in [0.15, 0.2) is 0 Å². The summed E-state index contributed by atoms with van der Waals surface area (Å²) in [5, 5.41) is 10.2. The lowest BCUT2D eigenvalue weighted by Gasteiger charge is -2.39. The number of thiophene rings is 1. The zero-order valence-corrected chi connectivity index (χ0v) is 27.0. The molecule has 0 unspecified atom stereocenters. The first-order valence-electron chi connectivity index (χ1n) is 16.1. The Kier molecular flexibility index (Phi) is 10.1. The molecule has 232 valence electrons. The van der Waals surface area contributed by atoms with Crippen LogP contribution in [-0.2, 0) is 11.3 Å². The third-order valence-corrected chi connectivity index (χ3v) is 10.0. The van der Waals surface area contributed by atoms with Gasteiger partial charge in [-0.15, -0.1) is 11.3 Å². The number of aromatic nitrogens is 1. The van der Waals surface area contributed by atoms with Crippen LogP contribution >= 0.6 is 11.3 Å². The normalized spacial score (nSPS) is 24.7. The molecule has 0 spiro atoms. The molecule has 1 saturated heterocycles. The van der Waals surface area contributed by atoms with Crippen LogP contribution in [0.4, 0.5) is 5.69 Å². The molecular formula is C35H47N3O4S. The lowest BCUT2D eigenvalue weighted by molar-refractivity contribution is -0.124. The summed E-state index contributed by atoms with van der Waals surface area (Å²) in [5.41, 5.74) is 1.49. The van der Waals surface area contributed by atoms with Gasteiger partial charge < -0.3 is 14.7 Å². The number of pyridine rings is 1. The summed E-state index contributed by atoms with van der Waals surface area (Å²) in [7, 11) is 0. The lowest BCUT2D eigenvalue weighted by atomic mass is 9.81. The van der Waals surface area contributed by atoms with Gasteiger partial charge in [-0.2, -0.15) is 0 Å². The highest BCUT2D eigenvalue weighted by Crippen LogP contribution is 2.39. The second-order valence-electron chi connectivity index (χ2n) is 13.9. The van der Waals surface area contributed by atoms with Crippen molar-refractivity contribution in [3.05, 3.63) is 39.8 Å². The number of carboxylic acid groups (broad SMARTS) is 1. The molecule has 2 aliphatic carbocycles. The molecular weight excluding hydrogens is 558 g/mol. The van der Waals surface area contributed by atoms with Gasteiger partial charge in [0.2, 0.25) is 5.91 Å². The number of hydrogen-bond acceptors (Lipinski definition) is 6. The van der Waals surface area contributed by atoms with E-state index in [9.17, 15) is 14.7 Å². The highest BCUT2D eigenvalue weighted by Gasteiger charge is 2.38. The van der Waals surface area contributed by atoms with E-state index >= 15 is 0 Å². The van der Waals surface area contributed by atoms with Gasteiger partial charge in [0.25, 0.3) is 0 Å². The number of aromatic carboxylic acids is 1. The number of anilines is 1. The van der Waals surface area contributed by atoms with E-state index in [0.717, 1.165) is 76.8 Å². The molecule has 1 aliphatic heterocycles. The van der Waals surface area contributed by atoms with Gasteiger partial charge in [-0.1, -0.05) is 18.8 Å². The summed E-state index contributed by atoms with van der Waals surface area (Å²) in [5.74, 6) is 6.84. The van der Waals surface area contributed by atoms with Crippen LogP contribution in [0.2, 0.25) is 0 Å². The predicted octanol–water partition coefficient (Wildman–Crippen LogP) is 7.38. The first-order chi connectivity index (χ1) is 20.6. The summed E-state index contributed by atoms with van der Waals surface area (Å²) in [6.07, 6.45) is 13.2. The van der Waals surface area contributed by atoms with E-state index in [1.807, 2.05) is 37.9 Å². The molecule has 2 saturated carbocycles. The van der Waals surface area contributed by atoms with Crippen molar-refractivity contribution >= 4 is 28.9 Å². The van der Waals surface area contributed by atoms with Crippen molar-refractivity contribution in [2.24, 2.45) is 17.3 Å². The third-order valence-electron chi connectivity index (χ3n) is 9.02. The molecule has 0 bridgehead atoms. The van der Waals surface area contributed by atoms with Crippen LogP contribution in [0.1, 0.15) is 112 Å². The fourth-order valence-electron chi connectivity index (χ4n) is 6.65. The van der Waals surface area contributed by atoms with Crippen LogP contribution in [0.5, 0.6) is 5.75 Å². The fraction of sp³-hybridized carbons (Fsp3) is 0.629. The molecule has 2 aromatic heterocycles. The number of rotatable bonds is 8. The van der Waals surface area contributed by atoms with Crippen LogP contribution in [0, 0.1) is 29.1 Å². The Morgan fingerprint density at radius 3 is 2.40 bits per heavy atom. The number of hydrogen-bond donors (Lipinski definition) is 1.